The first-order valence-corrected chi connectivity index (χ1v) is 10.9. The van der Waals surface area contributed by atoms with Gasteiger partial charge in [-0.15, -0.1) is 0 Å². The second-order valence-corrected chi connectivity index (χ2v) is 8.42. The smallest absolute Gasteiger partial charge is 0.325 e. The number of hydrogen-bond donors (Lipinski definition) is 2. The highest BCUT2D eigenvalue weighted by Crippen LogP contribution is 2.36. The fraction of sp³-hybridized carbons (Fsp3) is 0.240. The van der Waals surface area contributed by atoms with E-state index in [1.807, 2.05) is 29.2 Å². The fourth-order valence-corrected chi connectivity index (χ4v) is 4.32. The molecular formula is C25H26N6O. The van der Waals surface area contributed by atoms with Crippen LogP contribution in [0.2, 0.25) is 0 Å². The Morgan fingerprint density at radius 3 is 2.47 bits per heavy atom. The van der Waals surface area contributed by atoms with Crippen molar-refractivity contribution in [3.05, 3.63) is 105 Å². The Hall–Kier alpha value is -3.87. The Labute approximate surface area is 185 Å². The van der Waals surface area contributed by atoms with Gasteiger partial charge in [-0.25, -0.2) is 14.5 Å². The third kappa shape index (κ3) is 3.56. The summed E-state index contributed by atoms with van der Waals surface area (Å²) in [5, 5.41) is 5.01. The van der Waals surface area contributed by atoms with Crippen LogP contribution in [0.1, 0.15) is 55.6 Å². The summed E-state index contributed by atoms with van der Waals surface area (Å²) in [6.07, 6.45) is 5.47. The minimum Gasteiger partial charge on any atom is -0.343 e. The lowest BCUT2D eigenvalue weighted by molar-refractivity contribution is 0.240. The monoisotopic (exact) mass is 426 g/mol. The number of fused-ring (bicyclic) bond motifs is 1. The Kier molecular flexibility index (Phi) is 5.01. The maximum atomic E-state index is 12.0. The molecule has 0 radical (unpaired) electrons. The lowest BCUT2D eigenvalue weighted by atomic mass is 9.94. The molecule has 2 aromatic carbocycles. The van der Waals surface area contributed by atoms with E-state index in [4.69, 9.17) is 4.99 Å². The van der Waals surface area contributed by atoms with Crippen LogP contribution in [-0.4, -0.2) is 24.6 Å². The Morgan fingerprint density at radius 2 is 1.75 bits per heavy atom. The molecule has 2 aromatic heterocycles. The number of imidazole rings is 1. The zero-order valence-electron chi connectivity index (χ0n) is 18.4. The van der Waals surface area contributed by atoms with Crippen LogP contribution in [0.15, 0.2) is 76.8 Å². The minimum absolute atomic E-state index is 0.0298. The average molecular weight is 427 g/mol. The largest absolute Gasteiger partial charge is 0.343 e. The van der Waals surface area contributed by atoms with E-state index in [0.29, 0.717) is 16.8 Å². The van der Waals surface area contributed by atoms with Gasteiger partial charge in [0.2, 0.25) is 0 Å². The Morgan fingerprint density at radius 1 is 0.969 bits per heavy atom. The van der Waals surface area contributed by atoms with E-state index in [9.17, 15) is 4.79 Å². The van der Waals surface area contributed by atoms with Crippen molar-refractivity contribution < 1.29 is 0 Å². The van der Waals surface area contributed by atoms with Gasteiger partial charge in [0.1, 0.15) is 11.5 Å². The summed E-state index contributed by atoms with van der Waals surface area (Å²) in [4.78, 5) is 24.8. The molecule has 0 amide bonds. The molecule has 2 N–H and O–H groups in total. The third-order valence-electron chi connectivity index (χ3n) is 6.04. The van der Waals surface area contributed by atoms with Crippen molar-refractivity contribution >= 4 is 6.20 Å². The number of H-pyrrole nitrogens is 2. The average Bonchev–Trinajstić information content (AvgIpc) is 3.46. The van der Waals surface area contributed by atoms with Gasteiger partial charge in [-0.05, 0) is 42.2 Å². The highest BCUT2D eigenvalue weighted by atomic mass is 16.1. The Bertz CT molecular complexity index is 1400. The molecule has 0 spiro atoms. The van der Waals surface area contributed by atoms with Crippen LogP contribution in [-0.2, 0) is 0 Å². The molecule has 32 heavy (non-hydrogen) atoms. The summed E-state index contributed by atoms with van der Waals surface area (Å²) in [6, 6.07) is 18.7. The molecule has 5 rings (SSSR count). The van der Waals surface area contributed by atoms with E-state index in [2.05, 4.69) is 83.2 Å². The summed E-state index contributed by atoms with van der Waals surface area (Å²) in [6.45, 7) is 6.54. The van der Waals surface area contributed by atoms with E-state index in [0.717, 1.165) is 16.8 Å². The number of hydrogen-bond acceptors (Lipinski definition) is 4. The molecule has 3 heterocycles. The molecule has 1 aliphatic heterocycles. The number of nitrogens with one attached hydrogen (secondary N) is 2. The zero-order chi connectivity index (χ0) is 22.2. The molecule has 0 aliphatic carbocycles. The van der Waals surface area contributed by atoms with E-state index < -0.39 is 0 Å². The molecule has 1 aliphatic rings. The van der Waals surface area contributed by atoms with Crippen molar-refractivity contribution in [2.45, 2.75) is 38.9 Å². The van der Waals surface area contributed by atoms with Crippen molar-refractivity contribution in [1.29, 1.82) is 0 Å². The van der Waals surface area contributed by atoms with Crippen LogP contribution < -0.4 is 16.5 Å². The van der Waals surface area contributed by atoms with Crippen molar-refractivity contribution in [2.75, 3.05) is 0 Å². The summed E-state index contributed by atoms with van der Waals surface area (Å²) < 4.78 is 1.84. The van der Waals surface area contributed by atoms with Crippen LogP contribution in [0.25, 0.3) is 11.9 Å². The first-order valence-electron chi connectivity index (χ1n) is 10.9. The van der Waals surface area contributed by atoms with Gasteiger partial charge in [0.05, 0.1) is 11.7 Å². The second-order valence-electron chi connectivity index (χ2n) is 8.42. The summed E-state index contributed by atoms with van der Waals surface area (Å²) in [7, 11) is 0. The van der Waals surface area contributed by atoms with E-state index in [1.54, 1.807) is 6.20 Å². The Balaban J connectivity index is 1.58. The number of aromatic amines is 2. The molecule has 162 valence electrons. The first-order chi connectivity index (χ1) is 15.5. The molecule has 4 aromatic rings. The van der Waals surface area contributed by atoms with Crippen LogP contribution in [0.4, 0.5) is 0 Å². The van der Waals surface area contributed by atoms with Crippen LogP contribution >= 0.6 is 0 Å². The number of benzene rings is 2. The molecule has 0 saturated carbocycles. The fourth-order valence-electron chi connectivity index (χ4n) is 4.32. The van der Waals surface area contributed by atoms with Crippen molar-refractivity contribution in [3.8, 4) is 5.69 Å². The van der Waals surface area contributed by atoms with Crippen LogP contribution in [0, 0.1) is 0 Å². The number of aromatic nitrogens is 4. The van der Waals surface area contributed by atoms with E-state index >= 15 is 0 Å². The van der Waals surface area contributed by atoms with Gasteiger partial charge in [-0.2, -0.15) is 5.10 Å². The second kappa shape index (κ2) is 8.00. The number of rotatable bonds is 5. The molecule has 7 heteroatoms. The maximum Gasteiger partial charge on any atom is 0.325 e. The normalized spacial score (nSPS) is 16.4. The molecule has 2 atom stereocenters. The quantitative estimate of drug-likeness (QED) is 0.514. The van der Waals surface area contributed by atoms with Crippen molar-refractivity contribution in [3.63, 3.8) is 0 Å². The van der Waals surface area contributed by atoms with Gasteiger partial charge in [0, 0.05) is 24.2 Å². The predicted octanol–water partition coefficient (Wildman–Crippen LogP) is 3.15. The lowest BCUT2D eigenvalue weighted by Crippen LogP contribution is -2.39. The highest BCUT2D eigenvalue weighted by molar-refractivity contribution is 5.39. The van der Waals surface area contributed by atoms with E-state index in [1.165, 1.54) is 5.56 Å². The minimum atomic E-state index is -0.246. The maximum absolute atomic E-state index is 12.0. The topological polar surface area (TPSA) is 82.1 Å². The lowest BCUT2D eigenvalue weighted by Gasteiger charge is -2.36. The van der Waals surface area contributed by atoms with Gasteiger partial charge in [-0.3, -0.25) is 4.98 Å². The van der Waals surface area contributed by atoms with Gasteiger partial charge < -0.3 is 9.88 Å². The molecule has 7 nitrogen and oxygen atoms in total. The molecule has 0 bridgehead atoms. The van der Waals surface area contributed by atoms with Crippen molar-refractivity contribution in [1.82, 2.24) is 24.6 Å². The standard InChI is InChI=1S/C25H26N6O/c1-16(2)20-7-4-5-8-21(20)24-28-23-22(27-25(32)29-23)15-30(24)17(3)18-9-11-19(12-10-18)31-14-6-13-26-31/h4-17,24H,1-3H3,(H2,27,28,29,32). The highest BCUT2D eigenvalue weighted by Gasteiger charge is 2.28. The number of nitrogens with zero attached hydrogens (tertiary/aromatic N) is 4. The summed E-state index contributed by atoms with van der Waals surface area (Å²) in [5.41, 5.74) is 4.91. The predicted molar refractivity (Wildman–Crippen MR) is 124 cm³/mol. The van der Waals surface area contributed by atoms with Crippen LogP contribution in [0.5, 0.6) is 0 Å². The van der Waals surface area contributed by atoms with Gasteiger partial charge in [-0.1, -0.05) is 50.2 Å². The molecule has 2 unspecified atom stereocenters. The first kappa shape index (κ1) is 20.1. The molecular weight excluding hydrogens is 400 g/mol. The molecule has 0 saturated heterocycles. The zero-order valence-corrected chi connectivity index (χ0v) is 18.4. The van der Waals surface area contributed by atoms with E-state index in [-0.39, 0.29) is 17.9 Å². The van der Waals surface area contributed by atoms with Crippen LogP contribution in [0.3, 0.4) is 0 Å². The third-order valence-corrected chi connectivity index (χ3v) is 6.04. The van der Waals surface area contributed by atoms with Gasteiger partial charge in [0.25, 0.3) is 0 Å². The summed E-state index contributed by atoms with van der Waals surface area (Å²) in [5.74, 6) is 0.360. The van der Waals surface area contributed by atoms with Gasteiger partial charge in [0.15, 0.2) is 5.49 Å². The molecule has 0 fully saturated rings. The summed E-state index contributed by atoms with van der Waals surface area (Å²) >= 11 is 0. The van der Waals surface area contributed by atoms with Crippen molar-refractivity contribution in [2.24, 2.45) is 4.99 Å². The SMILES string of the molecule is CC(C)c1ccccc1C1N=c2[nH]c(=O)[nH]c2=CN1C(C)c1ccc(-n2cccn2)cc1. The van der Waals surface area contributed by atoms with Gasteiger partial charge >= 0.3 is 5.69 Å².